The third kappa shape index (κ3) is 8.23. The Kier molecular flexibility index (Phi) is 8.42. The van der Waals surface area contributed by atoms with Gasteiger partial charge in [0.05, 0.1) is 11.5 Å². The summed E-state index contributed by atoms with van der Waals surface area (Å²) in [7, 11) is -3.14. The second-order valence-electron chi connectivity index (χ2n) is 7.72. The van der Waals surface area contributed by atoms with Crippen molar-refractivity contribution < 1.29 is 32.3 Å². The number of hydrogen-bond donors (Lipinski definition) is 2. The molecule has 33 heavy (non-hydrogen) atoms. The van der Waals surface area contributed by atoms with Crippen molar-refractivity contribution in [2.75, 3.05) is 18.1 Å². The van der Waals surface area contributed by atoms with E-state index in [1.807, 2.05) is 24.3 Å². The summed E-state index contributed by atoms with van der Waals surface area (Å²) in [6.45, 7) is -0.548. The minimum absolute atomic E-state index is 0.0197. The lowest BCUT2D eigenvalue weighted by Crippen LogP contribution is -2.45. The Morgan fingerprint density at radius 3 is 2.18 bits per heavy atom. The standard InChI is InChI=1S/C23H26N2O7S/c26-21(24-19-11-12-33(29,30)16-19)15-31-22(27)20(13-17-7-3-1-4-8-17)25-23(28)32-14-18-9-5-2-6-10-18/h1-10,19-20H,11-16H2,(H,24,26)(H,25,28)/t19-,20+/m1/s1. The molecule has 3 rings (SSSR count). The Hall–Kier alpha value is -3.40. The van der Waals surface area contributed by atoms with Crippen LogP contribution < -0.4 is 10.6 Å². The average molecular weight is 475 g/mol. The summed E-state index contributed by atoms with van der Waals surface area (Å²) in [4.78, 5) is 37.0. The number of alkyl carbamates (subject to hydrolysis) is 1. The molecule has 1 aliphatic heterocycles. The molecule has 0 saturated carbocycles. The first-order chi connectivity index (χ1) is 15.8. The van der Waals surface area contributed by atoms with Crippen molar-refractivity contribution in [2.24, 2.45) is 0 Å². The summed E-state index contributed by atoms with van der Waals surface area (Å²) >= 11 is 0. The van der Waals surface area contributed by atoms with Gasteiger partial charge in [0, 0.05) is 12.5 Å². The van der Waals surface area contributed by atoms with Crippen molar-refractivity contribution in [2.45, 2.75) is 31.5 Å². The van der Waals surface area contributed by atoms with Crippen molar-refractivity contribution in [1.82, 2.24) is 10.6 Å². The Bertz CT molecular complexity index is 1060. The summed E-state index contributed by atoms with van der Waals surface area (Å²) in [5.41, 5.74) is 1.57. The van der Waals surface area contributed by atoms with Crippen molar-refractivity contribution in [3.05, 3.63) is 71.8 Å². The van der Waals surface area contributed by atoms with E-state index in [2.05, 4.69) is 10.6 Å². The third-order valence-corrected chi connectivity index (χ3v) is 6.78. The molecule has 2 N–H and O–H groups in total. The van der Waals surface area contributed by atoms with Gasteiger partial charge >= 0.3 is 12.1 Å². The maximum Gasteiger partial charge on any atom is 0.408 e. The second kappa shape index (κ2) is 11.5. The molecule has 2 aromatic rings. The van der Waals surface area contributed by atoms with Crippen LogP contribution in [0.3, 0.4) is 0 Å². The highest BCUT2D eigenvalue weighted by Gasteiger charge is 2.30. The molecule has 1 aliphatic rings. The van der Waals surface area contributed by atoms with Crippen LogP contribution in [-0.4, -0.2) is 56.6 Å². The van der Waals surface area contributed by atoms with Crippen molar-refractivity contribution in [1.29, 1.82) is 0 Å². The monoisotopic (exact) mass is 474 g/mol. The third-order valence-electron chi connectivity index (χ3n) is 5.02. The number of sulfone groups is 1. The number of carbonyl (C=O) groups is 3. The van der Waals surface area contributed by atoms with E-state index in [-0.39, 0.29) is 24.5 Å². The van der Waals surface area contributed by atoms with Crippen molar-refractivity contribution in [3.8, 4) is 0 Å². The highest BCUT2D eigenvalue weighted by atomic mass is 32.2. The number of nitrogens with one attached hydrogen (secondary N) is 2. The summed E-state index contributed by atoms with van der Waals surface area (Å²) < 4.78 is 33.3. The number of esters is 1. The zero-order chi connectivity index (χ0) is 23.7. The lowest BCUT2D eigenvalue weighted by atomic mass is 10.1. The topological polar surface area (TPSA) is 128 Å². The number of ether oxygens (including phenoxy) is 2. The highest BCUT2D eigenvalue weighted by molar-refractivity contribution is 7.91. The van der Waals surface area contributed by atoms with Crippen LogP contribution in [-0.2, 0) is 41.9 Å². The Labute approximate surface area is 192 Å². The van der Waals surface area contributed by atoms with E-state index in [0.717, 1.165) is 11.1 Å². The first-order valence-electron chi connectivity index (χ1n) is 10.5. The van der Waals surface area contributed by atoms with Gasteiger partial charge < -0.3 is 20.1 Å². The molecule has 0 spiro atoms. The van der Waals surface area contributed by atoms with Crippen LogP contribution in [0.25, 0.3) is 0 Å². The molecule has 1 fully saturated rings. The summed E-state index contributed by atoms with van der Waals surface area (Å²) in [6.07, 6.45) is -0.326. The van der Waals surface area contributed by atoms with Crippen molar-refractivity contribution in [3.63, 3.8) is 0 Å². The predicted molar refractivity (Wildman–Crippen MR) is 120 cm³/mol. The van der Waals surface area contributed by atoms with Gasteiger partial charge in [-0.15, -0.1) is 0 Å². The molecular weight excluding hydrogens is 448 g/mol. The lowest BCUT2D eigenvalue weighted by molar-refractivity contribution is -0.150. The highest BCUT2D eigenvalue weighted by Crippen LogP contribution is 2.11. The van der Waals surface area contributed by atoms with E-state index in [1.165, 1.54) is 0 Å². The molecule has 1 heterocycles. The molecule has 0 bridgehead atoms. The molecule has 2 atom stereocenters. The van der Waals surface area contributed by atoms with Crippen LogP contribution >= 0.6 is 0 Å². The molecule has 2 aromatic carbocycles. The maximum atomic E-state index is 12.6. The zero-order valence-corrected chi connectivity index (χ0v) is 18.8. The van der Waals surface area contributed by atoms with Crippen molar-refractivity contribution >= 4 is 27.8 Å². The first kappa shape index (κ1) is 24.2. The molecular formula is C23H26N2O7S. The van der Waals surface area contributed by atoms with Gasteiger partial charge in [-0.1, -0.05) is 60.7 Å². The minimum atomic E-state index is -3.14. The largest absolute Gasteiger partial charge is 0.454 e. The number of hydrogen-bond acceptors (Lipinski definition) is 7. The summed E-state index contributed by atoms with van der Waals surface area (Å²) in [6, 6.07) is 16.5. The number of amides is 2. The predicted octanol–water partition coefficient (Wildman–Crippen LogP) is 1.37. The molecule has 9 nitrogen and oxygen atoms in total. The molecule has 176 valence electrons. The quantitative estimate of drug-likeness (QED) is 0.526. The van der Waals surface area contributed by atoms with Gasteiger partial charge in [0.25, 0.3) is 5.91 Å². The summed E-state index contributed by atoms with van der Waals surface area (Å²) in [5.74, 6) is -1.51. The van der Waals surface area contributed by atoms with E-state index >= 15 is 0 Å². The second-order valence-corrected chi connectivity index (χ2v) is 9.95. The number of benzene rings is 2. The molecule has 2 amide bonds. The molecule has 1 saturated heterocycles. The van der Waals surface area contributed by atoms with Gasteiger partial charge in [-0.2, -0.15) is 0 Å². The van der Waals surface area contributed by atoms with Gasteiger partial charge in [-0.3, -0.25) is 4.79 Å². The van der Waals surface area contributed by atoms with Crippen LogP contribution in [0.2, 0.25) is 0 Å². The van der Waals surface area contributed by atoms with Crippen LogP contribution in [0.15, 0.2) is 60.7 Å². The maximum absolute atomic E-state index is 12.6. The SMILES string of the molecule is O=C(COC(=O)[C@H](Cc1ccccc1)NC(=O)OCc1ccccc1)N[C@@H]1CCS(=O)(=O)C1. The van der Waals surface area contributed by atoms with E-state index in [4.69, 9.17) is 9.47 Å². The van der Waals surface area contributed by atoms with Crippen LogP contribution in [0.1, 0.15) is 17.5 Å². The summed E-state index contributed by atoms with van der Waals surface area (Å²) in [5, 5.41) is 5.05. The van der Waals surface area contributed by atoms with Gasteiger partial charge in [0.15, 0.2) is 16.4 Å². The first-order valence-corrected chi connectivity index (χ1v) is 12.3. The van der Waals surface area contributed by atoms with Crippen LogP contribution in [0.5, 0.6) is 0 Å². The Balaban J connectivity index is 1.54. The molecule has 0 radical (unpaired) electrons. The lowest BCUT2D eigenvalue weighted by Gasteiger charge is -2.18. The molecule has 0 aromatic heterocycles. The minimum Gasteiger partial charge on any atom is -0.454 e. The Morgan fingerprint density at radius 1 is 0.939 bits per heavy atom. The van der Waals surface area contributed by atoms with Crippen LogP contribution in [0.4, 0.5) is 4.79 Å². The fourth-order valence-corrected chi connectivity index (χ4v) is 5.04. The normalized spacial score (nSPS) is 17.5. The zero-order valence-electron chi connectivity index (χ0n) is 17.9. The van der Waals surface area contributed by atoms with E-state index in [1.54, 1.807) is 36.4 Å². The van der Waals surface area contributed by atoms with Gasteiger partial charge in [-0.25, -0.2) is 18.0 Å². The van der Waals surface area contributed by atoms with Gasteiger partial charge in [0.1, 0.15) is 12.6 Å². The number of carbonyl (C=O) groups excluding carboxylic acids is 3. The van der Waals surface area contributed by atoms with E-state index in [0.29, 0.717) is 6.42 Å². The number of rotatable bonds is 9. The van der Waals surface area contributed by atoms with Crippen LogP contribution in [0, 0.1) is 0 Å². The van der Waals surface area contributed by atoms with E-state index < -0.39 is 46.5 Å². The van der Waals surface area contributed by atoms with Gasteiger partial charge in [-0.05, 0) is 17.5 Å². The fourth-order valence-electron chi connectivity index (χ4n) is 3.37. The molecule has 10 heteroatoms. The molecule has 0 aliphatic carbocycles. The Morgan fingerprint density at radius 2 is 1.58 bits per heavy atom. The fraction of sp³-hybridized carbons (Fsp3) is 0.348. The molecule has 0 unspecified atom stereocenters. The smallest absolute Gasteiger partial charge is 0.408 e. The van der Waals surface area contributed by atoms with Gasteiger partial charge in [0.2, 0.25) is 0 Å². The average Bonchev–Trinajstić information content (AvgIpc) is 3.15. The van der Waals surface area contributed by atoms with E-state index in [9.17, 15) is 22.8 Å².